The van der Waals surface area contributed by atoms with Crippen LogP contribution in [-0.2, 0) is 11.2 Å². The van der Waals surface area contributed by atoms with Crippen LogP contribution in [0.25, 0.3) is 0 Å². The zero-order valence-corrected chi connectivity index (χ0v) is 20.2. The molecule has 2 fully saturated rings. The summed E-state index contributed by atoms with van der Waals surface area (Å²) >= 11 is 0. The van der Waals surface area contributed by atoms with Gasteiger partial charge in [0, 0.05) is 12.7 Å². The van der Waals surface area contributed by atoms with Gasteiger partial charge in [0.25, 0.3) is 0 Å². The van der Waals surface area contributed by atoms with Crippen LogP contribution < -0.4 is 0 Å². The molecule has 0 radical (unpaired) electrons. The van der Waals surface area contributed by atoms with E-state index in [1.54, 1.807) is 0 Å². The minimum atomic E-state index is 0.486. The minimum absolute atomic E-state index is 0.486. The van der Waals surface area contributed by atoms with Crippen LogP contribution in [0.15, 0.2) is 48.6 Å². The van der Waals surface area contributed by atoms with Gasteiger partial charge in [-0.3, -0.25) is 0 Å². The minimum Gasteiger partial charge on any atom is -0.378 e. The van der Waals surface area contributed by atoms with Crippen molar-refractivity contribution in [3.63, 3.8) is 0 Å². The standard InChI is InChI=1S/C30H43NO/c1-2-3-9-25-15-17-28(18-16-25)29-19-21-30(22-20-29)32-24-27-13-11-26(12-14-27)10-7-5-4-6-8-23-31/h4-6,8,15-18,26-27,29-30H,2-3,7,9-14,19-22,24H2,1H3/t26-,27-,29-,30-. The molecule has 2 aliphatic rings. The number of nitriles is 1. The second kappa shape index (κ2) is 14.3. The monoisotopic (exact) mass is 433 g/mol. The molecule has 0 aliphatic heterocycles. The Labute approximate surface area is 196 Å². The molecule has 174 valence electrons. The Morgan fingerprint density at radius 3 is 2.34 bits per heavy atom. The van der Waals surface area contributed by atoms with Crippen LogP contribution in [0.2, 0.25) is 0 Å². The molecule has 1 aromatic rings. The first-order valence-electron chi connectivity index (χ1n) is 13.2. The molecule has 1 aromatic carbocycles. The average molecular weight is 434 g/mol. The summed E-state index contributed by atoms with van der Waals surface area (Å²) in [5, 5.41) is 8.49. The Morgan fingerprint density at radius 1 is 0.938 bits per heavy atom. The summed E-state index contributed by atoms with van der Waals surface area (Å²) in [4.78, 5) is 0. The molecule has 0 amide bonds. The van der Waals surface area contributed by atoms with Gasteiger partial charge in [-0.1, -0.05) is 68.7 Å². The number of unbranched alkanes of at least 4 members (excludes halogenated alkanes) is 1. The van der Waals surface area contributed by atoms with E-state index >= 15 is 0 Å². The van der Waals surface area contributed by atoms with Crippen LogP contribution in [0.4, 0.5) is 0 Å². The molecule has 0 aromatic heterocycles. The fraction of sp³-hybridized carbons (Fsp3) is 0.633. The summed E-state index contributed by atoms with van der Waals surface area (Å²) in [5.41, 5.74) is 3.03. The van der Waals surface area contributed by atoms with Crippen molar-refractivity contribution in [2.45, 2.75) is 102 Å². The molecule has 2 nitrogen and oxygen atoms in total. The number of nitrogens with zero attached hydrogens (tertiary/aromatic N) is 1. The number of ether oxygens (including phenoxy) is 1. The first-order valence-corrected chi connectivity index (χ1v) is 13.2. The number of hydrogen-bond acceptors (Lipinski definition) is 2. The number of hydrogen-bond donors (Lipinski definition) is 0. The molecule has 0 unspecified atom stereocenters. The molecule has 0 atom stereocenters. The van der Waals surface area contributed by atoms with E-state index in [4.69, 9.17) is 10.00 Å². The van der Waals surface area contributed by atoms with Crippen molar-refractivity contribution < 1.29 is 4.74 Å². The van der Waals surface area contributed by atoms with E-state index in [0.717, 1.165) is 30.8 Å². The average Bonchev–Trinajstić information content (AvgIpc) is 2.85. The molecule has 32 heavy (non-hydrogen) atoms. The van der Waals surface area contributed by atoms with Gasteiger partial charge in [-0.05, 0) is 93.1 Å². The van der Waals surface area contributed by atoms with Crippen molar-refractivity contribution in [3.8, 4) is 6.07 Å². The maximum Gasteiger partial charge on any atom is 0.0912 e. The Kier molecular flexibility index (Phi) is 11.1. The third kappa shape index (κ3) is 8.59. The molecule has 0 bridgehead atoms. The molecule has 0 saturated heterocycles. The Hall–Kier alpha value is -1.85. The lowest BCUT2D eigenvalue weighted by molar-refractivity contribution is -0.00474. The quantitative estimate of drug-likeness (QED) is 0.260. The molecule has 0 N–H and O–H groups in total. The van der Waals surface area contributed by atoms with Gasteiger partial charge in [-0.2, -0.15) is 5.26 Å². The molecule has 2 heteroatoms. The van der Waals surface area contributed by atoms with Crippen molar-refractivity contribution in [2.75, 3.05) is 6.61 Å². The van der Waals surface area contributed by atoms with Gasteiger partial charge in [-0.25, -0.2) is 0 Å². The van der Waals surface area contributed by atoms with Crippen molar-refractivity contribution in [1.29, 1.82) is 5.26 Å². The largest absolute Gasteiger partial charge is 0.378 e. The second-order valence-electron chi connectivity index (χ2n) is 10.0. The fourth-order valence-electron chi connectivity index (χ4n) is 5.46. The summed E-state index contributed by atoms with van der Waals surface area (Å²) in [6.07, 6.45) is 24.6. The highest BCUT2D eigenvalue weighted by Crippen LogP contribution is 2.36. The predicted molar refractivity (Wildman–Crippen MR) is 135 cm³/mol. The van der Waals surface area contributed by atoms with Gasteiger partial charge in [0.15, 0.2) is 0 Å². The van der Waals surface area contributed by atoms with Crippen LogP contribution in [0.3, 0.4) is 0 Å². The van der Waals surface area contributed by atoms with Crippen LogP contribution in [0.1, 0.15) is 101 Å². The maximum atomic E-state index is 8.49. The van der Waals surface area contributed by atoms with Crippen LogP contribution in [0, 0.1) is 23.2 Å². The summed E-state index contributed by atoms with van der Waals surface area (Å²) < 4.78 is 6.40. The summed E-state index contributed by atoms with van der Waals surface area (Å²) in [5.74, 6) is 2.38. The highest BCUT2D eigenvalue weighted by Gasteiger charge is 2.25. The van der Waals surface area contributed by atoms with Gasteiger partial charge in [-0.15, -0.1) is 0 Å². The molecular weight excluding hydrogens is 390 g/mol. The van der Waals surface area contributed by atoms with E-state index in [1.807, 2.05) is 18.2 Å². The first kappa shape index (κ1) is 24.8. The van der Waals surface area contributed by atoms with Crippen LogP contribution in [0.5, 0.6) is 0 Å². The highest BCUT2D eigenvalue weighted by atomic mass is 16.5. The lowest BCUT2D eigenvalue weighted by Gasteiger charge is -2.32. The lowest BCUT2D eigenvalue weighted by Crippen LogP contribution is -2.25. The molecule has 0 spiro atoms. The Bertz CT molecular complexity index is 725. The van der Waals surface area contributed by atoms with Crippen molar-refractivity contribution in [2.24, 2.45) is 11.8 Å². The van der Waals surface area contributed by atoms with E-state index in [9.17, 15) is 0 Å². The SMILES string of the molecule is CCCCc1ccc([C@H]2CC[C@H](OC[C@H]3CC[C@H](CCC=CC=CC#N)CC3)CC2)cc1. The molecule has 0 heterocycles. The van der Waals surface area contributed by atoms with Gasteiger partial charge in [0.2, 0.25) is 0 Å². The predicted octanol–water partition coefficient (Wildman–Crippen LogP) is 8.29. The van der Waals surface area contributed by atoms with Crippen molar-refractivity contribution in [1.82, 2.24) is 0 Å². The number of aryl methyl sites for hydroxylation is 1. The zero-order chi connectivity index (χ0) is 22.4. The van der Waals surface area contributed by atoms with Gasteiger partial charge in [0.1, 0.15) is 0 Å². The third-order valence-corrected chi connectivity index (χ3v) is 7.64. The Balaban J connectivity index is 1.28. The van der Waals surface area contributed by atoms with Gasteiger partial charge >= 0.3 is 0 Å². The van der Waals surface area contributed by atoms with Crippen molar-refractivity contribution in [3.05, 3.63) is 59.7 Å². The second-order valence-corrected chi connectivity index (χ2v) is 10.0. The lowest BCUT2D eigenvalue weighted by atomic mass is 9.80. The van der Waals surface area contributed by atoms with Gasteiger partial charge < -0.3 is 4.74 Å². The normalized spacial score (nSPS) is 26.5. The molecule has 3 rings (SSSR count). The Morgan fingerprint density at radius 2 is 1.66 bits per heavy atom. The fourth-order valence-corrected chi connectivity index (χ4v) is 5.46. The third-order valence-electron chi connectivity index (χ3n) is 7.64. The van der Waals surface area contributed by atoms with E-state index in [1.165, 1.54) is 94.3 Å². The maximum absolute atomic E-state index is 8.49. The number of benzene rings is 1. The topological polar surface area (TPSA) is 33.0 Å². The van der Waals surface area contributed by atoms with E-state index in [2.05, 4.69) is 37.3 Å². The van der Waals surface area contributed by atoms with Crippen LogP contribution in [-0.4, -0.2) is 12.7 Å². The molecule has 2 saturated carbocycles. The smallest absolute Gasteiger partial charge is 0.0912 e. The summed E-state index contributed by atoms with van der Waals surface area (Å²) in [6, 6.07) is 11.5. The van der Waals surface area contributed by atoms with E-state index in [-0.39, 0.29) is 0 Å². The summed E-state index contributed by atoms with van der Waals surface area (Å²) in [6.45, 7) is 3.24. The highest BCUT2D eigenvalue weighted by molar-refractivity contribution is 5.26. The zero-order valence-electron chi connectivity index (χ0n) is 20.2. The van der Waals surface area contributed by atoms with Gasteiger partial charge in [0.05, 0.1) is 12.2 Å². The van der Waals surface area contributed by atoms with Crippen LogP contribution >= 0.6 is 0 Å². The van der Waals surface area contributed by atoms with E-state index in [0.29, 0.717) is 6.10 Å². The van der Waals surface area contributed by atoms with Crippen molar-refractivity contribution >= 4 is 0 Å². The molecular formula is C30H43NO. The molecule has 2 aliphatic carbocycles. The number of rotatable bonds is 11. The summed E-state index contributed by atoms with van der Waals surface area (Å²) in [7, 11) is 0. The number of allylic oxidation sites excluding steroid dienone is 4. The first-order chi connectivity index (χ1) is 15.8. The van der Waals surface area contributed by atoms with E-state index < -0.39 is 0 Å².